The van der Waals surface area contributed by atoms with Gasteiger partial charge < -0.3 is 15.0 Å². The van der Waals surface area contributed by atoms with E-state index in [4.69, 9.17) is 4.74 Å². The van der Waals surface area contributed by atoms with Crippen molar-refractivity contribution < 1.29 is 23.1 Å². The molecule has 0 spiro atoms. The second-order valence-corrected chi connectivity index (χ2v) is 6.64. The van der Waals surface area contributed by atoms with Crippen LogP contribution in [0.25, 0.3) is 0 Å². The Kier molecular flexibility index (Phi) is 5.51. The largest absolute Gasteiger partial charge is 0.481 e. The van der Waals surface area contributed by atoms with Crippen molar-refractivity contribution in [3.05, 3.63) is 52.5 Å². The van der Waals surface area contributed by atoms with Crippen molar-refractivity contribution in [1.29, 1.82) is 0 Å². The van der Waals surface area contributed by atoms with E-state index >= 15 is 0 Å². The van der Waals surface area contributed by atoms with Gasteiger partial charge in [-0.3, -0.25) is 9.59 Å². The second-order valence-electron chi connectivity index (χ2n) is 5.73. The molecule has 2 aromatic carbocycles. The predicted octanol–water partition coefficient (Wildman–Crippen LogP) is 3.87. The molecule has 0 unspecified atom stereocenters. The lowest BCUT2D eigenvalue weighted by Gasteiger charge is -2.17. The highest BCUT2D eigenvalue weighted by atomic mass is 79.9. The summed E-state index contributed by atoms with van der Waals surface area (Å²) in [6.07, 6.45) is 1.10. The number of carbonyl (C=O) groups is 2. The van der Waals surface area contributed by atoms with Gasteiger partial charge in [0.2, 0.25) is 5.91 Å². The molecule has 2 amide bonds. The second kappa shape index (κ2) is 7.82. The quantitative estimate of drug-likeness (QED) is 0.792. The van der Waals surface area contributed by atoms with E-state index in [-0.39, 0.29) is 23.0 Å². The Hall–Kier alpha value is -2.48. The van der Waals surface area contributed by atoms with E-state index in [1.807, 2.05) is 0 Å². The fraction of sp³-hybridized carbons (Fsp3) is 0.222. The Morgan fingerprint density at radius 3 is 2.65 bits per heavy atom. The van der Waals surface area contributed by atoms with E-state index in [1.165, 1.54) is 29.2 Å². The van der Waals surface area contributed by atoms with Crippen LogP contribution in [0.1, 0.15) is 12.8 Å². The van der Waals surface area contributed by atoms with Gasteiger partial charge in [-0.1, -0.05) is 15.9 Å². The predicted molar refractivity (Wildman–Crippen MR) is 96.2 cm³/mol. The summed E-state index contributed by atoms with van der Waals surface area (Å²) in [5, 5.41) is 2.47. The molecule has 1 saturated heterocycles. The van der Waals surface area contributed by atoms with E-state index in [9.17, 15) is 18.4 Å². The van der Waals surface area contributed by atoms with Crippen LogP contribution in [0, 0.1) is 11.6 Å². The summed E-state index contributed by atoms with van der Waals surface area (Å²) in [4.78, 5) is 25.0. The summed E-state index contributed by atoms with van der Waals surface area (Å²) < 4.78 is 33.5. The molecule has 0 aliphatic carbocycles. The van der Waals surface area contributed by atoms with Crippen LogP contribution in [0.2, 0.25) is 0 Å². The highest BCUT2D eigenvalue weighted by Gasteiger charge is 2.24. The maximum atomic E-state index is 14.2. The normalized spacial score (nSPS) is 13.8. The molecule has 0 saturated carbocycles. The van der Waals surface area contributed by atoms with Crippen molar-refractivity contribution in [1.82, 2.24) is 0 Å². The van der Waals surface area contributed by atoms with Gasteiger partial charge in [-0.05, 0) is 42.8 Å². The van der Waals surface area contributed by atoms with Gasteiger partial charge in [0.15, 0.2) is 18.2 Å². The highest BCUT2D eigenvalue weighted by molar-refractivity contribution is 9.10. The van der Waals surface area contributed by atoms with Gasteiger partial charge in [0, 0.05) is 23.1 Å². The maximum absolute atomic E-state index is 14.2. The molecule has 5 nitrogen and oxygen atoms in total. The zero-order valence-corrected chi connectivity index (χ0v) is 15.2. The topological polar surface area (TPSA) is 58.6 Å². The van der Waals surface area contributed by atoms with E-state index < -0.39 is 24.1 Å². The molecule has 0 atom stereocenters. The van der Waals surface area contributed by atoms with Gasteiger partial charge in [0.05, 0.1) is 5.69 Å². The Morgan fingerprint density at radius 1 is 1.19 bits per heavy atom. The number of anilines is 2. The number of rotatable bonds is 5. The fourth-order valence-electron chi connectivity index (χ4n) is 2.64. The zero-order chi connectivity index (χ0) is 18.7. The summed E-state index contributed by atoms with van der Waals surface area (Å²) in [5.74, 6) is -1.93. The molecule has 3 rings (SSSR count). The van der Waals surface area contributed by atoms with Crippen molar-refractivity contribution >= 4 is 39.1 Å². The van der Waals surface area contributed by atoms with Crippen LogP contribution in [0.3, 0.4) is 0 Å². The van der Waals surface area contributed by atoms with Crippen molar-refractivity contribution in [3.8, 4) is 5.75 Å². The minimum Gasteiger partial charge on any atom is -0.481 e. The van der Waals surface area contributed by atoms with E-state index in [0.717, 1.165) is 6.07 Å². The molecule has 1 N–H and O–H groups in total. The first kappa shape index (κ1) is 18.3. The number of nitrogens with zero attached hydrogens (tertiary/aromatic N) is 1. The smallest absolute Gasteiger partial charge is 0.262 e. The first-order valence-electron chi connectivity index (χ1n) is 7.91. The average Bonchev–Trinajstić information content (AvgIpc) is 3.00. The van der Waals surface area contributed by atoms with Crippen molar-refractivity contribution in [2.45, 2.75) is 12.8 Å². The third-order valence-corrected chi connectivity index (χ3v) is 4.34. The van der Waals surface area contributed by atoms with Crippen LogP contribution in [-0.2, 0) is 9.59 Å². The number of ether oxygens (including phenoxy) is 1. The Bertz CT molecular complexity index is 860. The molecule has 1 heterocycles. The van der Waals surface area contributed by atoms with Crippen LogP contribution in [0.5, 0.6) is 5.75 Å². The molecule has 2 aromatic rings. The minimum absolute atomic E-state index is 0.0579. The number of benzene rings is 2. The van der Waals surface area contributed by atoms with Crippen LogP contribution in [0.15, 0.2) is 40.9 Å². The fourth-order valence-corrected chi connectivity index (χ4v) is 2.97. The first-order chi connectivity index (χ1) is 12.4. The summed E-state index contributed by atoms with van der Waals surface area (Å²) >= 11 is 3.13. The maximum Gasteiger partial charge on any atom is 0.262 e. The molecule has 0 bridgehead atoms. The summed E-state index contributed by atoms with van der Waals surface area (Å²) in [5.41, 5.74) is 0.418. The average molecular weight is 425 g/mol. The van der Waals surface area contributed by atoms with E-state index in [0.29, 0.717) is 23.9 Å². The highest BCUT2D eigenvalue weighted by Crippen LogP contribution is 2.27. The molecule has 1 fully saturated rings. The Morgan fingerprint density at radius 2 is 2.00 bits per heavy atom. The third-order valence-electron chi connectivity index (χ3n) is 3.85. The minimum atomic E-state index is -0.599. The van der Waals surface area contributed by atoms with Gasteiger partial charge in [-0.15, -0.1) is 0 Å². The van der Waals surface area contributed by atoms with Gasteiger partial charge in [-0.25, -0.2) is 8.78 Å². The number of hydrogen-bond donors (Lipinski definition) is 1. The Balaban J connectivity index is 1.60. The molecule has 0 aromatic heterocycles. The molecular formula is C18H15BrF2N2O3. The van der Waals surface area contributed by atoms with E-state index in [2.05, 4.69) is 21.2 Å². The van der Waals surface area contributed by atoms with Crippen molar-refractivity contribution in [3.63, 3.8) is 0 Å². The third kappa shape index (κ3) is 4.19. The SMILES string of the molecule is O=C(COc1ccc(Br)cc1F)Nc1ccc(N2CCCC2=O)c(F)c1. The standard InChI is InChI=1S/C18H15BrF2N2O3/c19-11-3-6-16(14(21)8-11)26-10-17(24)22-12-4-5-15(13(20)9-12)23-7-1-2-18(23)25/h3-6,8-9H,1-2,7,10H2,(H,22,24). The lowest BCUT2D eigenvalue weighted by molar-refractivity contribution is -0.118. The Labute approximate surface area is 157 Å². The molecule has 1 aliphatic rings. The van der Waals surface area contributed by atoms with E-state index in [1.54, 1.807) is 6.07 Å². The number of nitrogens with one attached hydrogen (secondary N) is 1. The van der Waals surface area contributed by atoms with Gasteiger partial charge in [-0.2, -0.15) is 0 Å². The van der Waals surface area contributed by atoms with Gasteiger partial charge in [0.1, 0.15) is 5.82 Å². The molecule has 136 valence electrons. The number of halogens is 3. The summed E-state index contributed by atoms with van der Waals surface area (Å²) in [6.45, 7) is 0.0561. The summed E-state index contributed by atoms with van der Waals surface area (Å²) in [7, 11) is 0. The first-order valence-corrected chi connectivity index (χ1v) is 8.71. The number of hydrogen-bond acceptors (Lipinski definition) is 3. The van der Waals surface area contributed by atoms with Gasteiger partial charge >= 0.3 is 0 Å². The number of carbonyl (C=O) groups excluding carboxylic acids is 2. The molecular weight excluding hydrogens is 410 g/mol. The lowest BCUT2D eigenvalue weighted by atomic mass is 10.2. The van der Waals surface area contributed by atoms with Crippen molar-refractivity contribution in [2.24, 2.45) is 0 Å². The van der Waals surface area contributed by atoms with Crippen LogP contribution >= 0.6 is 15.9 Å². The molecule has 26 heavy (non-hydrogen) atoms. The van der Waals surface area contributed by atoms with Crippen molar-refractivity contribution in [2.75, 3.05) is 23.4 Å². The molecule has 8 heteroatoms. The van der Waals surface area contributed by atoms with Crippen LogP contribution in [0.4, 0.5) is 20.2 Å². The monoisotopic (exact) mass is 424 g/mol. The molecule has 0 radical (unpaired) electrons. The molecule has 1 aliphatic heterocycles. The van der Waals surface area contributed by atoms with Crippen LogP contribution in [-0.4, -0.2) is 25.0 Å². The van der Waals surface area contributed by atoms with Crippen LogP contribution < -0.4 is 15.0 Å². The lowest BCUT2D eigenvalue weighted by Crippen LogP contribution is -2.25. The van der Waals surface area contributed by atoms with Gasteiger partial charge in [0.25, 0.3) is 5.91 Å². The number of amides is 2. The summed E-state index contributed by atoms with van der Waals surface area (Å²) in [6, 6.07) is 8.30. The zero-order valence-electron chi connectivity index (χ0n) is 13.6.